The minimum atomic E-state index is -2.54. The molecular weight excluding hydrogens is 660 g/mol. The van der Waals surface area contributed by atoms with Gasteiger partial charge in [0.25, 0.3) is 0 Å². The van der Waals surface area contributed by atoms with Crippen molar-refractivity contribution in [3.05, 3.63) is 35.9 Å². The van der Waals surface area contributed by atoms with Crippen molar-refractivity contribution in [1.29, 1.82) is 0 Å². The number of phenolic OH excluding ortho intramolecular Hbond substituents is 1. The molecule has 18 nitrogen and oxygen atoms in total. The molecule has 0 amide bonds. The molecule has 0 radical (unpaired) electrons. The summed E-state index contributed by atoms with van der Waals surface area (Å²) in [6, 6.07) is 5.73. The van der Waals surface area contributed by atoms with Crippen LogP contribution in [0.2, 0.25) is 0 Å². The summed E-state index contributed by atoms with van der Waals surface area (Å²) in [5, 5.41) is 31.6. The molecule has 1 aromatic rings. The van der Waals surface area contributed by atoms with Gasteiger partial charge in [0.2, 0.25) is 5.79 Å². The minimum Gasteiger partial charge on any atom is -0.508 e. The van der Waals surface area contributed by atoms with Crippen LogP contribution in [-0.2, 0) is 71.4 Å². The number of phenols is 1. The fourth-order valence-electron chi connectivity index (χ4n) is 5.01. The Labute approximate surface area is 279 Å². The standard InChI is InChI=1S/C31H38O18/c1-15(33)41-12-22-26(43-17(3)35)28(45-19(5)37)25(40)30(46-22)49-31(14-32)29(27(44-18(4)36)23(48-31)13-42-16(2)34)47-24(39)11-8-20-6-9-21(38)10-7-20/h6-11,22-23,25-30,32,38,40H,12-14H2,1-5H3/t22-,23-,25-,26-,27-,28-,29+,30-,31+/m1/s1. The summed E-state index contributed by atoms with van der Waals surface area (Å²) in [7, 11) is 0. The smallest absolute Gasteiger partial charge is 0.331 e. The number of aliphatic hydroxyl groups excluding tert-OH is 2. The predicted molar refractivity (Wildman–Crippen MR) is 157 cm³/mol. The lowest BCUT2D eigenvalue weighted by atomic mass is 9.98. The Morgan fingerprint density at radius 1 is 0.755 bits per heavy atom. The second kappa shape index (κ2) is 17.2. The van der Waals surface area contributed by atoms with E-state index in [9.17, 15) is 44.1 Å². The van der Waals surface area contributed by atoms with Gasteiger partial charge in [-0.05, 0) is 23.8 Å². The van der Waals surface area contributed by atoms with Gasteiger partial charge in [-0.25, -0.2) is 4.79 Å². The predicted octanol–water partition coefficient (Wildman–Crippen LogP) is -0.572. The largest absolute Gasteiger partial charge is 0.508 e. The zero-order valence-corrected chi connectivity index (χ0v) is 27.2. The van der Waals surface area contributed by atoms with E-state index in [-0.39, 0.29) is 5.75 Å². The highest BCUT2D eigenvalue weighted by atomic mass is 16.8. The van der Waals surface area contributed by atoms with Gasteiger partial charge < -0.3 is 58.0 Å². The first-order chi connectivity index (χ1) is 23.0. The van der Waals surface area contributed by atoms with Crippen LogP contribution in [0.15, 0.2) is 30.3 Å². The summed E-state index contributed by atoms with van der Waals surface area (Å²) in [5.41, 5.74) is 0.475. The molecule has 0 saturated carbocycles. The van der Waals surface area contributed by atoms with Gasteiger partial charge in [-0.3, -0.25) is 24.0 Å². The molecule has 2 fully saturated rings. The molecule has 0 aromatic heterocycles. The number of carbonyl (C=O) groups is 6. The Bertz CT molecular complexity index is 1390. The van der Waals surface area contributed by atoms with E-state index in [4.69, 9.17) is 42.6 Å². The van der Waals surface area contributed by atoms with Crippen molar-refractivity contribution in [3.63, 3.8) is 0 Å². The summed E-state index contributed by atoms with van der Waals surface area (Å²) >= 11 is 0. The average molecular weight is 699 g/mol. The normalized spacial score (nSPS) is 29.4. The lowest BCUT2D eigenvalue weighted by Crippen LogP contribution is -2.64. The van der Waals surface area contributed by atoms with E-state index in [1.54, 1.807) is 0 Å². The number of benzene rings is 1. The van der Waals surface area contributed by atoms with Gasteiger partial charge in [0.15, 0.2) is 30.7 Å². The quantitative estimate of drug-likeness (QED) is 0.133. The maximum Gasteiger partial charge on any atom is 0.331 e. The minimum absolute atomic E-state index is 0.0203. The lowest BCUT2D eigenvalue weighted by Gasteiger charge is -2.45. The number of esters is 6. The van der Waals surface area contributed by atoms with Crippen molar-refractivity contribution in [2.24, 2.45) is 0 Å². The third-order valence-electron chi connectivity index (χ3n) is 6.96. The molecule has 18 heteroatoms. The highest BCUT2D eigenvalue weighted by Crippen LogP contribution is 2.40. The topological polar surface area (TPSA) is 246 Å². The number of hydrogen-bond donors (Lipinski definition) is 3. The van der Waals surface area contributed by atoms with Gasteiger partial charge in [0.05, 0.1) is 0 Å². The molecular formula is C31H38O18. The van der Waals surface area contributed by atoms with Crippen LogP contribution in [0.5, 0.6) is 5.75 Å². The second-order valence-electron chi connectivity index (χ2n) is 10.9. The molecule has 9 atom stereocenters. The molecule has 270 valence electrons. The van der Waals surface area contributed by atoms with Crippen LogP contribution in [0.4, 0.5) is 0 Å². The van der Waals surface area contributed by atoms with Crippen molar-refractivity contribution in [2.75, 3.05) is 19.8 Å². The molecule has 49 heavy (non-hydrogen) atoms. The van der Waals surface area contributed by atoms with E-state index < -0.39 is 110 Å². The Morgan fingerprint density at radius 3 is 1.82 bits per heavy atom. The Balaban J connectivity index is 2.05. The maximum absolute atomic E-state index is 13.1. The number of aliphatic hydroxyl groups is 2. The fourth-order valence-corrected chi connectivity index (χ4v) is 5.01. The van der Waals surface area contributed by atoms with Gasteiger partial charge in [-0.1, -0.05) is 12.1 Å². The summed E-state index contributed by atoms with van der Waals surface area (Å²) in [5.74, 6) is -7.87. The third kappa shape index (κ3) is 10.7. The van der Waals surface area contributed by atoms with E-state index >= 15 is 0 Å². The summed E-state index contributed by atoms with van der Waals surface area (Å²) in [6.45, 7) is 2.86. The van der Waals surface area contributed by atoms with Crippen LogP contribution in [0, 0.1) is 0 Å². The lowest BCUT2D eigenvalue weighted by molar-refractivity contribution is -0.383. The molecule has 2 heterocycles. The molecule has 3 N–H and O–H groups in total. The van der Waals surface area contributed by atoms with Crippen molar-refractivity contribution < 1.29 is 86.7 Å². The summed E-state index contributed by atoms with van der Waals surface area (Å²) < 4.78 is 49.2. The summed E-state index contributed by atoms with van der Waals surface area (Å²) in [4.78, 5) is 72.5. The van der Waals surface area contributed by atoms with Crippen LogP contribution in [0.1, 0.15) is 40.2 Å². The zero-order valence-electron chi connectivity index (χ0n) is 27.2. The number of carbonyl (C=O) groups excluding carboxylic acids is 6. The van der Waals surface area contributed by atoms with Crippen LogP contribution < -0.4 is 0 Å². The van der Waals surface area contributed by atoms with Gasteiger partial charge in [-0.2, -0.15) is 0 Å². The van der Waals surface area contributed by atoms with E-state index in [0.29, 0.717) is 5.56 Å². The van der Waals surface area contributed by atoms with Gasteiger partial charge >= 0.3 is 35.8 Å². The van der Waals surface area contributed by atoms with E-state index in [0.717, 1.165) is 40.7 Å². The van der Waals surface area contributed by atoms with Crippen molar-refractivity contribution in [3.8, 4) is 5.75 Å². The molecule has 0 unspecified atom stereocenters. The SMILES string of the molecule is CC(=O)OC[C@H]1O[C@@](CO)(O[C@H]2O[C@H](COC(C)=O)[C@@H](OC(C)=O)[C@H](OC(C)=O)[C@H]2O)[C@@H](OC(=O)C=Cc2ccc(O)cc2)[C@@H]1OC(C)=O. The first-order valence-electron chi connectivity index (χ1n) is 14.8. The van der Waals surface area contributed by atoms with Gasteiger partial charge in [0, 0.05) is 40.7 Å². The number of aromatic hydroxyl groups is 1. The van der Waals surface area contributed by atoms with Crippen molar-refractivity contribution >= 4 is 41.9 Å². The number of ether oxygens (including phenoxy) is 9. The average Bonchev–Trinajstić information content (AvgIpc) is 3.28. The number of rotatable bonds is 13. The van der Waals surface area contributed by atoms with Gasteiger partial charge in [-0.15, -0.1) is 0 Å². The molecule has 1 aromatic carbocycles. The van der Waals surface area contributed by atoms with E-state index in [2.05, 4.69) is 0 Å². The fraction of sp³-hybridized carbons (Fsp3) is 0.548. The van der Waals surface area contributed by atoms with Crippen molar-refractivity contribution in [2.45, 2.75) is 89.4 Å². The Hall–Kier alpha value is -4.62. The molecule has 0 spiro atoms. The Morgan fingerprint density at radius 2 is 1.29 bits per heavy atom. The molecule has 2 saturated heterocycles. The molecule has 2 aliphatic heterocycles. The van der Waals surface area contributed by atoms with Gasteiger partial charge in [0.1, 0.15) is 43.9 Å². The van der Waals surface area contributed by atoms with Crippen LogP contribution in [0.3, 0.4) is 0 Å². The molecule has 0 bridgehead atoms. The monoisotopic (exact) mass is 698 g/mol. The van der Waals surface area contributed by atoms with Crippen LogP contribution in [-0.4, -0.2) is 126 Å². The first kappa shape index (κ1) is 38.8. The first-order valence-corrected chi connectivity index (χ1v) is 14.8. The maximum atomic E-state index is 13.1. The highest BCUT2D eigenvalue weighted by molar-refractivity contribution is 5.87. The number of hydrogen-bond acceptors (Lipinski definition) is 18. The van der Waals surface area contributed by atoms with E-state index in [1.165, 1.54) is 30.3 Å². The van der Waals surface area contributed by atoms with E-state index in [1.807, 2.05) is 0 Å². The van der Waals surface area contributed by atoms with Crippen LogP contribution in [0.25, 0.3) is 6.08 Å². The summed E-state index contributed by atoms with van der Waals surface area (Å²) in [6.07, 6.45) is -11.2. The van der Waals surface area contributed by atoms with Crippen LogP contribution >= 0.6 is 0 Å². The van der Waals surface area contributed by atoms with Crippen molar-refractivity contribution in [1.82, 2.24) is 0 Å². The highest BCUT2D eigenvalue weighted by Gasteiger charge is 2.63. The Kier molecular flexibility index (Phi) is 13.6. The second-order valence-corrected chi connectivity index (χ2v) is 10.9. The third-order valence-corrected chi connectivity index (χ3v) is 6.96. The zero-order chi connectivity index (χ0) is 36.5. The molecule has 0 aliphatic carbocycles. The molecule has 2 aliphatic rings. The molecule has 3 rings (SSSR count).